The largest absolute Gasteiger partial charge is 0.358 e. The summed E-state index contributed by atoms with van der Waals surface area (Å²) >= 11 is 0. The lowest BCUT2D eigenvalue weighted by molar-refractivity contribution is -0.120. The zero-order chi connectivity index (χ0) is 22.2. The van der Waals surface area contributed by atoms with Crippen LogP contribution in [0.5, 0.6) is 0 Å². The highest BCUT2D eigenvalue weighted by atomic mass is 32.2. The summed E-state index contributed by atoms with van der Waals surface area (Å²) in [5.41, 5.74) is 1.54. The van der Waals surface area contributed by atoms with Gasteiger partial charge in [0.1, 0.15) is 17.0 Å². The molecule has 2 aromatic heterocycles. The Morgan fingerprint density at radius 2 is 1.90 bits per heavy atom. The number of rotatable bonds is 4. The molecule has 0 bridgehead atoms. The number of hydrogen-bond donors (Lipinski definition) is 2. The van der Waals surface area contributed by atoms with Crippen LogP contribution in [0.25, 0.3) is 5.69 Å². The molecule has 31 heavy (non-hydrogen) atoms. The summed E-state index contributed by atoms with van der Waals surface area (Å²) in [5.74, 6) is -0.602. The van der Waals surface area contributed by atoms with Gasteiger partial charge in [-0.25, -0.2) is 18.4 Å². The summed E-state index contributed by atoms with van der Waals surface area (Å²) in [5, 5.41) is 5.15. The molecular formula is C20H20N6O4S. The molecule has 0 saturated heterocycles. The van der Waals surface area contributed by atoms with Crippen LogP contribution in [-0.2, 0) is 21.4 Å². The molecule has 0 fully saturated rings. The van der Waals surface area contributed by atoms with Crippen LogP contribution in [0.4, 0.5) is 5.82 Å². The first-order valence-electron chi connectivity index (χ1n) is 9.42. The van der Waals surface area contributed by atoms with Crippen LogP contribution in [0.3, 0.4) is 0 Å². The van der Waals surface area contributed by atoms with E-state index in [1.54, 1.807) is 35.0 Å². The van der Waals surface area contributed by atoms with Gasteiger partial charge < -0.3 is 10.6 Å². The Hall–Kier alpha value is -3.57. The second kappa shape index (κ2) is 7.93. The summed E-state index contributed by atoms with van der Waals surface area (Å²) in [4.78, 5) is 33.4. The molecule has 0 unspecified atom stereocenters. The average molecular weight is 440 g/mol. The molecule has 2 amide bonds. The predicted octanol–water partition coefficient (Wildman–Crippen LogP) is 1.08. The van der Waals surface area contributed by atoms with Crippen molar-refractivity contribution in [2.75, 3.05) is 18.9 Å². The number of sulfonamides is 1. The highest BCUT2D eigenvalue weighted by Gasteiger charge is 2.35. The van der Waals surface area contributed by atoms with E-state index in [2.05, 4.69) is 20.6 Å². The minimum absolute atomic E-state index is 0.0302. The number of nitrogens with one attached hydrogen (secondary N) is 2. The monoisotopic (exact) mass is 440 g/mol. The van der Waals surface area contributed by atoms with Gasteiger partial charge in [-0.1, -0.05) is 18.2 Å². The average Bonchev–Trinajstić information content (AvgIpc) is 3.14. The zero-order valence-electron chi connectivity index (χ0n) is 16.9. The maximum absolute atomic E-state index is 13.3. The molecule has 0 radical (unpaired) electrons. The Morgan fingerprint density at radius 3 is 2.65 bits per heavy atom. The Balaban J connectivity index is 1.81. The van der Waals surface area contributed by atoms with Crippen LogP contribution in [0.15, 0.2) is 53.8 Å². The van der Waals surface area contributed by atoms with Gasteiger partial charge in [0.25, 0.3) is 5.91 Å². The van der Waals surface area contributed by atoms with Crippen LogP contribution in [0.2, 0.25) is 0 Å². The molecule has 1 aliphatic rings. The van der Waals surface area contributed by atoms with Crippen LogP contribution in [-0.4, -0.2) is 52.7 Å². The highest BCUT2D eigenvalue weighted by molar-refractivity contribution is 7.89. The quantitative estimate of drug-likeness (QED) is 0.625. The third-order valence-corrected chi connectivity index (χ3v) is 6.83. The maximum Gasteiger partial charge on any atom is 0.277 e. The van der Waals surface area contributed by atoms with Crippen LogP contribution >= 0.6 is 0 Å². The van der Waals surface area contributed by atoms with E-state index in [0.29, 0.717) is 17.2 Å². The molecule has 3 aromatic rings. The molecule has 4 rings (SSSR count). The van der Waals surface area contributed by atoms with E-state index in [0.717, 1.165) is 9.87 Å². The molecule has 1 aromatic carbocycles. The van der Waals surface area contributed by atoms with Crippen LogP contribution in [0.1, 0.15) is 21.7 Å². The van der Waals surface area contributed by atoms with Gasteiger partial charge in [0, 0.05) is 13.2 Å². The molecular weight excluding hydrogens is 420 g/mol. The lowest BCUT2D eigenvalue weighted by Crippen LogP contribution is -2.39. The van der Waals surface area contributed by atoms with E-state index >= 15 is 0 Å². The lowest BCUT2D eigenvalue weighted by Gasteiger charge is -2.19. The minimum atomic E-state index is -3.99. The fraction of sp³-hybridized carbons (Fsp3) is 0.200. The van der Waals surface area contributed by atoms with Crippen molar-refractivity contribution in [2.45, 2.75) is 18.4 Å². The number of pyridine rings is 1. The molecule has 10 nitrogen and oxygen atoms in total. The van der Waals surface area contributed by atoms with Gasteiger partial charge in [-0.3, -0.25) is 14.2 Å². The van der Waals surface area contributed by atoms with Crippen molar-refractivity contribution < 1.29 is 18.0 Å². The maximum atomic E-state index is 13.3. The van der Waals surface area contributed by atoms with Crippen LogP contribution in [0, 0.1) is 6.92 Å². The molecule has 2 N–H and O–H groups in total. The topological polar surface area (TPSA) is 126 Å². The first-order valence-corrected chi connectivity index (χ1v) is 10.9. The number of likely N-dealkylation sites (N-methyl/N-ethyl adjacent to an activating group) is 1. The molecule has 160 valence electrons. The third-order valence-electron chi connectivity index (χ3n) is 4.99. The smallest absolute Gasteiger partial charge is 0.277 e. The van der Waals surface area contributed by atoms with Gasteiger partial charge in [0.2, 0.25) is 15.9 Å². The molecule has 0 spiro atoms. The Kier molecular flexibility index (Phi) is 5.29. The summed E-state index contributed by atoms with van der Waals surface area (Å²) in [6.45, 7) is 1.22. The second-order valence-corrected chi connectivity index (χ2v) is 8.85. The van der Waals surface area contributed by atoms with Crippen molar-refractivity contribution >= 4 is 27.7 Å². The van der Waals surface area contributed by atoms with Crippen molar-refractivity contribution in [1.82, 2.24) is 24.2 Å². The summed E-state index contributed by atoms with van der Waals surface area (Å²) < 4.78 is 29.1. The van der Waals surface area contributed by atoms with Crippen LogP contribution < -0.4 is 10.6 Å². The fourth-order valence-corrected chi connectivity index (χ4v) is 4.89. The second-order valence-electron chi connectivity index (χ2n) is 6.95. The number of fused-ring (bicyclic) bond motifs is 3. The van der Waals surface area contributed by atoms with Crippen molar-refractivity contribution in [1.29, 1.82) is 0 Å². The minimum Gasteiger partial charge on any atom is -0.358 e. The molecule has 0 atom stereocenters. The number of hydrogen-bond acceptors (Lipinski definition) is 6. The Labute approximate surface area is 179 Å². The number of nitrogens with zero attached hydrogens (tertiary/aromatic N) is 4. The number of aromatic nitrogens is 3. The van der Waals surface area contributed by atoms with Crippen molar-refractivity contribution in [3.63, 3.8) is 0 Å². The van der Waals surface area contributed by atoms with E-state index in [1.807, 2.05) is 13.0 Å². The number of amides is 2. The number of imidazole rings is 1. The van der Waals surface area contributed by atoms with E-state index in [9.17, 15) is 18.0 Å². The number of anilines is 1. The third kappa shape index (κ3) is 3.68. The number of benzene rings is 1. The van der Waals surface area contributed by atoms with Gasteiger partial charge in [-0.2, -0.15) is 4.31 Å². The van der Waals surface area contributed by atoms with Gasteiger partial charge in [0.05, 0.1) is 24.5 Å². The first kappa shape index (κ1) is 20.7. The molecule has 11 heteroatoms. The highest BCUT2D eigenvalue weighted by Crippen LogP contribution is 2.31. The molecule has 1 aliphatic heterocycles. The van der Waals surface area contributed by atoms with Gasteiger partial charge in [0.15, 0.2) is 5.69 Å². The van der Waals surface area contributed by atoms with E-state index < -0.39 is 28.4 Å². The Morgan fingerprint density at radius 1 is 1.13 bits per heavy atom. The number of aryl methyl sites for hydroxylation is 1. The predicted molar refractivity (Wildman–Crippen MR) is 112 cm³/mol. The summed E-state index contributed by atoms with van der Waals surface area (Å²) in [6, 6.07) is 9.97. The summed E-state index contributed by atoms with van der Waals surface area (Å²) in [7, 11) is -2.56. The van der Waals surface area contributed by atoms with Gasteiger partial charge >= 0.3 is 0 Å². The molecule has 0 aliphatic carbocycles. The van der Waals surface area contributed by atoms with E-state index in [-0.39, 0.29) is 17.1 Å². The van der Waals surface area contributed by atoms with Gasteiger partial charge in [-0.05, 0) is 30.7 Å². The number of para-hydroxylation sites is 1. The molecule has 3 heterocycles. The van der Waals surface area contributed by atoms with Crippen molar-refractivity contribution in [2.24, 2.45) is 0 Å². The zero-order valence-corrected chi connectivity index (χ0v) is 17.7. The van der Waals surface area contributed by atoms with Crippen molar-refractivity contribution in [3.8, 4) is 5.69 Å². The SMILES string of the molecule is CNC(=O)CN1Cc2c(C(=O)Nc3ncccc3C)ncn2-c2ccccc2S1(=O)=O. The number of carbonyl (C=O) groups excluding carboxylic acids is 2. The lowest BCUT2D eigenvalue weighted by atomic mass is 10.2. The first-order chi connectivity index (χ1) is 14.8. The standard InChI is InChI=1S/C20H20N6O4S/c1-13-6-5-9-22-19(13)24-20(28)18-15-10-25(11-17(27)21-2)31(29,30)16-8-4-3-7-14(16)26(15)12-23-18/h3-9,12H,10-11H2,1-2H3,(H,21,27)(H,22,24,28). The fourth-order valence-electron chi connectivity index (χ4n) is 3.35. The van der Waals surface area contributed by atoms with Crippen molar-refractivity contribution in [3.05, 3.63) is 65.9 Å². The molecule has 0 saturated carbocycles. The summed E-state index contributed by atoms with van der Waals surface area (Å²) in [6.07, 6.45) is 2.97. The van der Waals surface area contributed by atoms with Gasteiger partial charge in [-0.15, -0.1) is 0 Å². The Bertz CT molecular complexity index is 1280. The van der Waals surface area contributed by atoms with E-state index in [1.165, 1.54) is 19.4 Å². The normalized spacial score (nSPS) is 14.8. The van der Waals surface area contributed by atoms with E-state index in [4.69, 9.17) is 0 Å². The number of carbonyl (C=O) groups is 2.